The fourth-order valence-corrected chi connectivity index (χ4v) is 4.79. The number of cyclic esters (lactones) is 1. The molecule has 3 aromatic carbocycles. The van der Waals surface area contributed by atoms with Crippen molar-refractivity contribution in [3.63, 3.8) is 0 Å². The van der Waals surface area contributed by atoms with Crippen molar-refractivity contribution < 1.29 is 28.6 Å². The molecule has 36 heavy (non-hydrogen) atoms. The molecule has 2 fully saturated rings. The first-order valence-electron chi connectivity index (χ1n) is 12.1. The number of benzene rings is 3. The molecule has 2 heterocycles. The van der Waals surface area contributed by atoms with E-state index < -0.39 is 18.1 Å². The van der Waals surface area contributed by atoms with E-state index in [4.69, 9.17) is 14.2 Å². The number of nitrogens with zero attached hydrogens (tertiary/aromatic N) is 2. The van der Waals surface area contributed by atoms with Crippen LogP contribution in [0.5, 0.6) is 5.75 Å². The van der Waals surface area contributed by atoms with Crippen LogP contribution in [0.25, 0.3) is 10.8 Å². The maximum Gasteiger partial charge on any atom is 0.410 e. The summed E-state index contributed by atoms with van der Waals surface area (Å²) in [5.74, 6) is 0.0869. The molecular formula is C28H28N2O6. The van der Waals surface area contributed by atoms with Crippen molar-refractivity contribution in [1.29, 1.82) is 0 Å². The van der Waals surface area contributed by atoms with Crippen LogP contribution in [-0.4, -0.2) is 66.2 Å². The number of ether oxygens (including phenoxy) is 3. The van der Waals surface area contributed by atoms with Crippen LogP contribution in [0.2, 0.25) is 0 Å². The predicted molar refractivity (Wildman–Crippen MR) is 132 cm³/mol. The molecule has 186 valence electrons. The zero-order valence-corrected chi connectivity index (χ0v) is 19.9. The summed E-state index contributed by atoms with van der Waals surface area (Å²) in [6, 6.07) is 22.1. The molecule has 0 spiro atoms. The monoisotopic (exact) mass is 488 g/mol. The molecule has 0 N–H and O–H groups in total. The van der Waals surface area contributed by atoms with E-state index in [1.807, 2.05) is 72.8 Å². The number of carbonyl (C=O) groups excluding carboxylic acids is 3. The minimum atomic E-state index is -0.775. The molecule has 2 amide bonds. The number of carbonyl (C=O) groups is 3. The van der Waals surface area contributed by atoms with Gasteiger partial charge in [0.15, 0.2) is 12.6 Å². The predicted octanol–water partition coefficient (Wildman–Crippen LogP) is 3.77. The van der Waals surface area contributed by atoms with Gasteiger partial charge in [-0.05, 0) is 29.9 Å². The van der Waals surface area contributed by atoms with Crippen molar-refractivity contribution in [3.8, 4) is 5.75 Å². The molecule has 2 saturated heterocycles. The topological polar surface area (TPSA) is 85.4 Å². The Kier molecular flexibility index (Phi) is 7.02. The fourth-order valence-electron chi connectivity index (χ4n) is 4.79. The van der Waals surface area contributed by atoms with Crippen LogP contribution >= 0.6 is 0 Å². The van der Waals surface area contributed by atoms with Crippen molar-refractivity contribution in [3.05, 3.63) is 78.4 Å². The van der Waals surface area contributed by atoms with Gasteiger partial charge in [0.25, 0.3) is 5.91 Å². The molecule has 8 nitrogen and oxygen atoms in total. The number of fused-ring (bicyclic) bond motifs is 1. The highest BCUT2D eigenvalue weighted by Crippen LogP contribution is 2.27. The number of likely N-dealkylation sites (tertiary alicyclic amines) is 1. The normalized spacial score (nSPS) is 18.2. The van der Waals surface area contributed by atoms with Gasteiger partial charge in [-0.25, -0.2) is 9.59 Å². The molecule has 2 aliphatic rings. The maximum atomic E-state index is 12.8. The Labute approximate surface area is 209 Å². The molecule has 0 aliphatic carbocycles. The van der Waals surface area contributed by atoms with Gasteiger partial charge >= 0.3 is 12.1 Å². The van der Waals surface area contributed by atoms with Crippen LogP contribution in [-0.2, 0) is 25.7 Å². The van der Waals surface area contributed by atoms with E-state index in [0.717, 1.165) is 16.3 Å². The zero-order valence-electron chi connectivity index (χ0n) is 19.9. The molecule has 0 radical (unpaired) electrons. The molecule has 8 heteroatoms. The number of amides is 2. The van der Waals surface area contributed by atoms with E-state index in [1.54, 1.807) is 4.90 Å². The zero-order chi connectivity index (χ0) is 24.9. The third kappa shape index (κ3) is 5.12. The largest absolute Gasteiger partial charge is 0.483 e. The summed E-state index contributed by atoms with van der Waals surface area (Å²) in [5.41, 5.74) is 0.875. The molecule has 2 aliphatic heterocycles. The van der Waals surface area contributed by atoms with Crippen LogP contribution in [0.3, 0.4) is 0 Å². The first kappa shape index (κ1) is 23.7. The Hall–Kier alpha value is -4.07. The molecule has 0 saturated carbocycles. The van der Waals surface area contributed by atoms with Gasteiger partial charge in [0.1, 0.15) is 19.0 Å². The van der Waals surface area contributed by atoms with Crippen molar-refractivity contribution in [1.82, 2.24) is 9.80 Å². The summed E-state index contributed by atoms with van der Waals surface area (Å²) < 4.78 is 16.5. The average molecular weight is 489 g/mol. The van der Waals surface area contributed by atoms with Crippen molar-refractivity contribution in [2.24, 2.45) is 0 Å². The number of hydrogen-bond donors (Lipinski definition) is 0. The summed E-state index contributed by atoms with van der Waals surface area (Å²) in [7, 11) is 0. The van der Waals surface area contributed by atoms with Gasteiger partial charge in [-0.3, -0.25) is 9.69 Å². The third-order valence-corrected chi connectivity index (χ3v) is 6.72. The summed E-state index contributed by atoms with van der Waals surface area (Å²) in [4.78, 5) is 41.2. The van der Waals surface area contributed by atoms with Crippen LogP contribution in [0.15, 0.2) is 72.8 Å². The van der Waals surface area contributed by atoms with Gasteiger partial charge in [0.05, 0.1) is 0 Å². The number of rotatable bonds is 7. The van der Waals surface area contributed by atoms with Gasteiger partial charge in [-0.2, -0.15) is 0 Å². The molecule has 5 rings (SSSR count). The molecule has 3 aromatic rings. The van der Waals surface area contributed by atoms with Gasteiger partial charge in [-0.1, -0.05) is 66.7 Å². The first-order valence-corrected chi connectivity index (χ1v) is 12.1. The lowest BCUT2D eigenvalue weighted by molar-refractivity contribution is -0.150. The van der Waals surface area contributed by atoms with Gasteiger partial charge < -0.3 is 19.1 Å². The molecule has 0 aromatic heterocycles. The van der Waals surface area contributed by atoms with E-state index in [-0.39, 0.29) is 31.8 Å². The quantitative estimate of drug-likeness (QED) is 0.471. The lowest BCUT2D eigenvalue weighted by atomic mass is 10.0. The lowest BCUT2D eigenvalue weighted by Crippen LogP contribution is -2.52. The van der Waals surface area contributed by atoms with Gasteiger partial charge in [-0.15, -0.1) is 0 Å². The summed E-state index contributed by atoms with van der Waals surface area (Å²) in [6.07, 6.45) is 0.593. The Morgan fingerprint density at radius 1 is 0.917 bits per heavy atom. The van der Waals surface area contributed by atoms with E-state index in [1.165, 1.54) is 4.90 Å². The molecule has 1 unspecified atom stereocenters. The van der Waals surface area contributed by atoms with Crippen molar-refractivity contribution in [2.45, 2.75) is 31.5 Å². The second-order valence-electron chi connectivity index (χ2n) is 8.97. The highest BCUT2D eigenvalue weighted by Gasteiger charge is 2.44. The maximum absolute atomic E-state index is 12.8. The van der Waals surface area contributed by atoms with E-state index in [0.29, 0.717) is 31.7 Å². The highest BCUT2D eigenvalue weighted by atomic mass is 16.6. The molecule has 0 bridgehead atoms. The first-order chi connectivity index (χ1) is 17.6. The third-order valence-electron chi connectivity index (χ3n) is 6.72. The average Bonchev–Trinajstić information content (AvgIpc) is 3.32. The Morgan fingerprint density at radius 2 is 1.64 bits per heavy atom. The fraction of sp³-hybridized carbons (Fsp3) is 0.321. The van der Waals surface area contributed by atoms with E-state index >= 15 is 0 Å². The second-order valence-corrected chi connectivity index (χ2v) is 8.97. The van der Waals surface area contributed by atoms with Crippen LogP contribution in [0.4, 0.5) is 4.79 Å². The van der Waals surface area contributed by atoms with E-state index in [9.17, 15) is 14.4 Å². The van der Waals surface area contributed by atoms with Crippen molar-refractivity contribution >= 4 is 28.7 Å². The molecule has 1 atom stereocenters. The van der Waals surface area contributed by atoms with Crippen LogP contribution in [0, 0.1) is 0 Å². The van der Waals surface area contributed by atoms with E-state index in [2.05, 4.69) is 0 Å². The second kappa shape index (κ2) is 10.7. The van der Waals surface area contributed by atoms with Gasteiger partial charge in [0, 0.05) is 24.5 Å². The summed E-state index contributed by atoms with van der Waals surface area (Å²) in [5, 5.41) is 2.02. The summed E-state index contributed by atoms with van der Waals surface area (Å²) >= 11 is 0. The van der Waals surface area contributed by atoms with Crippen LogP contribution < -0.4 is 4.74 Å². The highest BCUT2D eigenvalue weighted by molar-refractivity contribution is 5.89. The number of piperidine rings is 1. The Morgan fingerprint density at radius 3 is 2.44 bits per heavy atom. The number of esters is 1. The minimum Gasteiger partial charge on any atom is -0.483 e. The minimum absolute atomic E-state index is 0.0233. The van der Waals surface area contributed by atoms with Crippen LogP contribution in [0.1, 0.15) is 18.4 Å². The molecular weight excluding hydrogens is 460 g/mol. The summed E-state index contributed by atoms with van der Waals surface area (Å²) in [6.45, 7) is 1.00. The van der Waals surface area contributed by atoms with Gasteiger partial charge in [0.2, 0.25) is 0 Å². The number of hydrogen-bond acceptors (Lipinski definition) is 6. The smallest absolute Gasteiger partial charge is 0.410 e. The lowest BCUT2D eigenvalue weighted by Gasteiger charge is -2.37. The SMILES string of the molecule is O=C(OCc1ccccc1)C1COC(=O)N1C1CCN(C(=O)COc2cccc3ccccc23)CC1. The Balaban J connectivity index is 1.14. The van der Waals surface area contributed by atoms with Crippen molar-refractivity contribution in [2.75, 3.05) is 26.3 Å². The standard InChI is InChI=1S/C28H28N2O6/c31-26(19-34-25-12-6-10-21-9-4-5-11-23(21)25)29-15-13-22(14-16-29)30-24(18-36-28(30)33)27(32)35-17-20-7-2-1-3-8-20/h1-12,22,24H,13-19H2. The Bertz CT molecular complexity index is 1230.